The van der Waals surface area contributed by atoms with Crippen molar-refractivity contribution in [1.29, 1.82) is 5.26 Å². The number of rotatable bonds is 10. The van der Waals surface area contributed by atoms with Crippen molar-refractivity contribution in [2.75, 3.05) is 32.2 Å². The predicted molar refractivity (Wildman–Crippen MR) is 134 cm³/mol. The molecule has 0 N–H and O–H groups in total. The highest BCUT2D eigenvalue weighted by atomic mass is 32.3. The van der Waals surface area contributed by atoms with Gasteiger partial charge in [-0.3, -0.25) is 4.18 Å². The van der Waals surface area contributed by atoms with Crippen molar-refractivity contribution in [2.45, 2.75) is 26.2 Å². The molecule has 35 heavy (non-hydrogen) atoms. The van der Waals surface area contributed by atoms with Crippen molar-refractivity contribution in [3.8, 4) is 11.8 Å². The summed E-state index contributed by atoms with van der Waals surface area (Å²) in [5.41, 5.74) is 3.02. The quantitative estimate of drug-likeness (QED) is 0.163. The topological polar surface area (TPSA) is 131 Å². The van der Waals surface area contributed by atoms with Crippen LogP contribution in [0.15, 0.2) is 52.7 Å². The first-order valence-corrected chi connectivity index (χ1v) is 13.0. The van der Waals surface area contributed by atoms with E-state index in [-0.39, 0.29) is 0 Å². The Morgan fingerprint density at radius 1 is 1.14 bits per heavy atom. The minimum Gasteiger partial charge on any atom is -0.726 e. The predicted octanol–water partition coefficient (Wildman–Crippen LogP) is 4.76. The molecule has 0 aliphatic heterocycles. The summed E-state index contributed by atoms with van der Waals surface area (Å²) in [5, 5.41) is 18.6. The largest absolute Gasteiger partial charge is 0.726 e. The second-order valence-electron chi connectivity index (χ2n) is 7.32. The maximum absolute atomic E-state index is 9.22. The fourth-order valence-electron chi connectivity index (χ4n) is 3.07. The summed E-state index contributed by atoms with van der Waals surface area (Å²) >= 11 is 1.58. The fraction of sp³-hybridized carbons (Fsp3) is 0.391. The number of fused-ring (bicyclic) bond motifs is 1. The Hall–Kier alpha value is -3.11. The molecular formula is C23H29N5O5S2. The van der Waals surface area contributed by atoms with E-state index in [1.54, 1.807) is 18.4 Å². The Morgan fingerprint density at radius 2 is 1.83 bits per heavy atom. The first-order chi connectivity index (χ1) is 16.7. The van der Waals surface area contributed by atoms with Crippen molar-refractivity contribution in [3.63, 3.8) is 0 Å². The molecule has 0 fully saturated rings. The van der Waals surface area contributed by atoms with Crippen LogP contribution in [0.5, 0.6) is 5.75 Å². The van der Waals surface area contributed by atoms with Crippen LogP contribution in [-0.2, 0) is 21.6 Å². The smallest absolute Gasteiger partial charge is 0.409 e. The molecule has 1 heterocycles. The van der Waals surface area contributed by atoms with E-state index in [2.05, 4.69) is 44.4 Å². The molecule has 3 aromatic rings. The van der Waals surface area contributed by atoms with Crippen LogP contribution in [0.4, 0.5) is 16.5 Å². The molecule has 1 aromatic heterocycles. The maximum Gasteiger partial charge on any atom is 0.409 e. The summed E-state index contributed by atoms with van der Waals surface area (Å²) < 4.78 is 39.5. The van der Waals surface area contributed by atoms with Gasteiger partial charge in [-0.15, -0.1) is 0 Å². The molecule has 0 saturated carbocycles. The van der Waals surface area contributed by atoms with Gasteiger partial charge in [0.1, 0.15) is 17.0 Å². The lowest BCUT2D eigenvalue weighted by Crippen LogP contribution is -2.25. The molecule has 0 atom stereocenters. The zero-order chi connectivity index (χ0) is 25.8. The molecule has 0 unspecified atom stereocenters. The number of azo groups is 1. The SMILES string of the molecule is CCCCN(CCC#N)c1ccc(N=Nc2sc3cc(OC)ccc3[n+]2C)cc1.COS(=O)(=O)[O-]. The van der Waals surface area contributed by atoms with Gasteiger partial charge in [-0.2, -0.15) is 5.26 Å². The van der Waals surface area contributed by atoms with Crippen LogP contribution >= 0.6 is 11.3 Å². The maximum atomic E-state index is 9.22. The monoisotopic (exact) mass is 519 g/mol. The molecule has 0 bridgehead atoms. The molecule has 188 valence electrons. The first-order valence-electron chi connectivity index (χ1n) is 10.8. The second kappa shape index (κ2) is 13.7. The number of methoxy groups -OCH3 is 1. The van der Waals surface area contributed by atoms with E-state index in [9.17, 15) is 13.0 Å². The van der Waals surface area contributed by atoms with Crippen LogP contribution in [0.2, 0.25) is 0 Å². The van der Waals surface area contributed by atoms with E-state index in [1.165, 1.54) is 0 Å². The van der Waals surface area contributed by atoms with Gasteiger partial charge >= 0.3 is 5.13 Å². The summed E-state index contributed by atoms with van der Waals surface area (Å²) in [5.74, 6) is 0.836. The molecule has 0 radical (unpaired) electrons. The average Bonchev–Trinajstić information content (AvgIpc) is 3.17. The third kappa shape index (κ3) is 8.88. The highest BCUT2D eigenvalue weighted by Crippen LogP contribution is 2.30. The Balaban J connectivity index is 0.000000641. The van der Waals surface area contributed by atoms with E-state index in [0.717, 1.165) is 65.5 Å². The number of hydrogen-bond donors (Lipinski definition) is 0. The van der Waals surface area contributed by atoms with Gasteiger partial charge in [0.15, 0.2) is 0 Å². The van der Waals surface area contributed by atoms with Crippen LogP contribution in [0, 0.1) is 11.3 Å². The molecule has 10 nitrogen and oxygen atoms in total. The van der Waals surface area contributed by atoms with Gasteiger partial charge in [-0.25, -0.2) is 13.0 Å². The zero-order valence-electron chi connectivity index (χ0n) is 20.2. The number of aromatic nitrogens is 1. The van der Waals surface area contributed by atoms with Crippen LogP contribution < -0.4 is 14.2 Å². The van der Waals surface area contributed by atoms with Gasteiger partial charge in [0.2, 0.25) is 10.4 Å². The standard InChI is InChI=1S/C22H26N5OS.CH4O4S/c1-4-5-14-27(15-6-13-23)18-9-7-17(8-10-18)24-25-22-26(2)20-12-11-19(28-3)16-21(20)29-22;1-5-6(2,3)4/h7-12,16H,4-6,14-15H2,1-3H3;1H3,(H,2,3,4)/q+1;/p-1. The van der Waals surface area contributed by atoms with Crippen molar-refractivity contribution in [1.82, 2.24) is 0 Å². The number of unbranched alkanes of at least 4 members (excludes halogenated alkanes) is 1. The summed E-state index contributed by atoms with van der Waals surface area (Å²) in [6.45, 7) is 3.88. The lowest BCUT2D eigenvalue weighted by Gasteiger charge is -2.23. The van der Waals surface area contributed by atoms with E-state index in [1.807, 2.05) is 41.9 Å². The third-order valence-corrected chi connectivity index (χ3v) is 6.45. The van der Waals surface area contributed by atoms with Crippen LogP contribution in [0.3, 0.4) is 0 Å². The van der Waals surface area contributed by atoms with Crippen molar-refractivity contribution in [3.05, 3.63) is 42.5 Å². The Kier molecular flexibility index (Phi) is 11.0. The first kappa shape index (κ1) is 28.1. The van der Waals surface area contributed by atoms with Gasteiger partial charge in [0.25, 0.3) is 0 Å². The normalized spacial score (nSPS) is 11.2. The van der Waals surface area contributed by atoms with E-state index in [0.29, 0.717) is 6.42 Å². The number of nitrogens with zero attached hydrogens (tertiary/aromatic N) is 5. The molecule has 0 amide bonds. The minimum absolute atomic E-state index is 0.526. The molecule has 0 aliphatic rings. The van der Waals surface area contributed by atoms with Crippen molar-refractivity contribution < 1.29 is 26.5 Å². The highest BCUT2D eigenvalue weighted by Gasteiger charge is 2.16. The molecule has 12 heteroatoms. The number of benzene rings is 2. The van der Waals surface area contributed by atoms with Crippen LogP contribution in [-0.4, -0.2) is 40.3 Å². The number of anilines is 1. The number of hydrogen-bond acceptors (Lipinski definition) is 10. The Labute approximate surface area is 210 Å². The van der Waals surface area contributed by atoms with Crippen LogP contribution in [0.25, 0.3) is 10.2 Å². The molecular weight excluding hydrogens is 490 g/mol. The van der Waals surface area contributed by atoms with Gasteiger partial charge in [-0.05, 0) is 59.3 Å². The Morgan fingerprint density at radius 3 is 2.40 bits per heavy atom. The molecule has 2 aromatic carbocycles. The van der Waals surface area contributed by atoms with Crippen molar-refractivity contribution >= 4 is 48.5 Å². The van der Waals surface area contributed by atoms with Gasteiger partial charge in [-0.1, -0.05) is 13.3 Å². The van der Waals surface area contributed by atoms with E-state index >= 15 is 0 Å². The van der Waals surface area contributed by atoms with E-state index in [4.69, 9.17) is 10.00 Å². The number of nitriles is 1. The number of ether oxygens (including phenoxy) is 1. The van der Waals surface area contributed by atoms with Gasteiger partial charge < -0.3 is 14.2 Å². The van der Waals surface area contributed by atoms with E-state index < -0.39 is 10.4 Å². The average molecular weight is 520 g/mol. The van der Waals surface area contributed by atoms with Gasteiger partial charge in [0.05, 0.1) is 43.6 Å². The molecule has 0 aliphatic carbocycles. The highest BCUT2D eigenvalue weighted by molar-refractivity contribution is 7.80. The minimum atomic E-state index is -4.41. The second-order valence-corrected chi connectivity index (χ2v) is 9.48. The number of aryl methyl sites for hydroxylation is 1. The van der Waals surface area contributed by atoms with Gasteiger partial charge in [0, 0.05) is 24.8 Å². The molecule has 0 spiro atoms. The third-order valence-electron chi connectivity index (χ3n) is 4.96. The Bertz CT molecular complexity index is 1270. The summed E-state index contributed by atoms with van der Waals surface area (Å²) in [7, 11) is 0.0549. The fourth-order valence-corrected chi connectivity index (χ4v) is 4.07. The number of thiazole rings is 1. The van der Waals surface area contributed by atoms with Crippen LogP contribution in [0.1, 0.15) is 26.2 Å². The lowest BCUT2D eigenvalue weighted by molar-refractivity contribution is -0.627. The van der Waals surface area contributed by atoms with Crippen molar-refractivity contribution in [2.24, 2.45) is 17.3 Å². The zero-order valence-corrected chi connectivity index (χ0v) is 21.8. The summed E-state index contributed by atoms with van der Waals surface area (Å²) in [6.07, 6.45) is 2.77. The summed E-state index contributed by atoms with van der Waals surface area (Å²) in [6, 6.07) is 16.3. The molecule has 3 rings (SSSR count). The summed E-state index contributed by atoms with van der Waals surface area (Å²) in [4.78, 5) is 2.26. The molecule has 0 saturated heterocycles. The lowest BCUT2D eigenvalue weighted by atomic mass is 10.2.